The van der Waals surface area contributed by atoms with Crippen molar-refractivity contribution in [1.82, 2.24) is 0 Å². The highest BCUT2D eigenvalue weighted by molar-refractivity contribution is 9.11. The quantitative estimate of drug-likeness (QED) is 0.618. The maximum atomic E-state index is 6.22. The number of halogens is 3. The zero-order chi connectivity index (χ0) is 13.0. The molecule has 0 saturated heterocycles. The van der Waals surface area contributed by atoms with Crippen molar-refractivity contribution in [2.45, 2.75) is 11.8 Å². The first kappa shape index (κ1) is 14.4. The molecular formula is C14H13BrCl2S. The maximum Gasteiger partial charge on any atom is 0.0701 e. The Balaban J connectivity index is 2.32. The van der Waals surface area contributed by atoms with Crippen LogP contribution < -0.4 is 0 Å². The number of hydrogen-bond acceptors (Lipinski definition) is 1. The number of benzene rings is 1. The van der Waals surface area contributed by atoms with Gasteiger partial charge in [0.15, 0.2) is 0 Å². The average Bonchev–Trinajstić information content (AvgIpc) is 2.82. The van der Waals surface area contributed by atoms with Gasteiger partial charge in [-0.25, -0.2) is 0 Å². The lowest BCUT2D eigenvalue weighted by molar-refractivity contribution is 0.541. The van der Waals surface area contributed by atoms with E-state index in [4.69, 9.17) is 23.2 Å². The molecule has 0 aliphatic heterocycles. The van der Waals surface area contributed by atoms with Gasteiger partial charge in [0, 0.05) is 22.1 Å². The zero-order valence-electron chi connectivity index (χ0n) is 9.70. The van der Waals surface area contributed by atoms with E-state index in [1.165, 1.54) is 10.4 Å². The van der Waals surface area contributed by atoms with Crippen molar-refractivity contribution in [3.8, 4) is 0 Å². The summed E-state index contributed by atoms with van der Waals surface area (Å²) < 4.78 is 1.14. The van der Waals surface area contributed by atoms with Crippen LogP contribution >= 0.6 is 50.5 Å². The summed E-state index contributed by atoms with van der Waals surface area (Å²) in [5.41, 5.74) is 1.02. The lowest BCUT2D eigenvalue weighted by Crippen LogP contribution is -2.32. The molecule has 0 N–H and O–H groups in total. The van der Waals surface area contributed by atoms with Gasteiger partial charge in [0.1, 0.15) is 0 Å². The summed E-state index contributed by atoms with van der Waals surface area (Å²) in [7, 11) is 0. The Hall–Kier alpha value is -0.0200. The van der Waals surface area contributed by atoms with Crippen LogP contribution in [0.15, 0.2) is 46.3 Å². The maximum absolute atomic E-state index is 6.22. The number of rotatable bonds is 5. The molecule has 0 aliphatic rings. The average molecular weight is 364 g/mol. The van der Waals surface area contributed by atoms with Crippen molar-refractivity contribution < 1.29 is 0 Å². The van der Waals surface area contributed by atoms with Gasteiger partial charge in [-0.3, -0.25) is 0 Å². The molecular weight excluding hydrogens is 351 g/mol. The SMILES string of the molecule is ClCC(CCl)(Cc1ccc(Br)s1)c1ccccc1. The van der Waals surface area contributed by atoms with Gasteiger partial charge in [0.2, 0.25) is 0 Å². The Morgan fingerprint density at radius 1 is 1.00 bits per heavy atom. The van der Waals surface area contributed by atoms with E-state index in [1.54, 1.807) is 11.3 Å². The number of alkyl halides is 2. The Labute approximate surface area is 130 Å². The minimum atomic E-state index is -0.186. The monoisotopic (exact) mass is 362 g/mol. The standard InChI is InChI=1S/C14H13BrCl2S/c15-13-7-6-12(18-13)8-14(9-16,10-17)11-4-2-1-3-5-11/h1-7H,8-10H2. The van der Waals surface area contributed by atoms with Crippen LogP contribution in [0, 0.1) is 0 Å². The molecule has 0 nitrogen and oxygen atoms in total. The molecule has 0 spiro atoms. The molecule has 18 heavy (non-hydrogen) atoms. The third-order valence-electron chi connectivity index (χ3n) is 3.04. The van der Waals surface area contributed by atoms with Gasteiger partial charge in [-0.15, -0.1) is 34.5 Å². The molecule has 0 atom stereocenters. The summed E-state index contributed by atoms with van der Waals surface area (Å²) in [6.07, 6.45) is 0.875. The van der Waals surface area contributed by atoms with Crippen molar-refractivity contribution in [1.29, 1.82) is 0 Å². The van der Waals surface area contributed by atoms with E-state index >= 15 is 0 Å². The molecule has 0 bridgehead atoms. The third-order valence-corrected chi connectivity index (χ3v) is 5.69. The van der Waals surface area contributed by atoms with E-state index in [-0.39, 0.29) is 5.41 Å². The van der Waals surface area contributed by atoms with Crippen LogP contribution in [-0.2, 0) is 11.8 Å². The fourth-order valence-corrected chi connectivity index (χ4v) is 4.37. The fourth-order valence-electron chi connectivity index (χ4n) is 1.96. The first-order chi connectivity index (χ1) is 8.70. The van der Waals surface area contributed by atoms with Crippen molar-refractivity contribution >= 4 is 50.5 Å². The summed E-state index contributed by atoms with van der Waals surface area (Å²) >= 11 is 17.7. The molecule has 0 fully saturated rings. The first-order valence-electron chi connectivity index (χ1n) is 5.62. The second-order valence-electron chi connectivity index (χ2n) is 4.30. The van der Waals surface area contributed by atoms with Gasteiger partial charge in [0.25, 0.3) is 0 Å². The summed E-state index contributed by atoms with van der Waals surface area (Å²) in [4.78, 5) is 1.30. The molecule has 0 radical (unpaired) electrons. The smallest absolute Gasteiger partial charge is 0.0701 e. The van der Waals surface area contributed by atoms with Crippen molar-refractivity contribution in [3.63, 3.8) is 0 Å². The predicted octanol–water partition coefficient (Wildman–Crippen LogP) is 5.47. The molecule has 96 valence electrons. The normalized spacial score (nSPS) is 11.7. The van der Waals surface area contributed by atoms with Crippen molar-refractivity contribution in [2.24, 2.45) is 0 Å². The second kappa shape index (κ2) is 6.42. The summed E-state index contributed by atoms with van der Waals surface area (Å²) in [6, 6.07) is 14.5. The molecule has 0 amide bonds. The summed E-state index contributed by atoms with van der Waals surface area (Å²) in [5, 5.41) is 0. The molecule has 0 saturated carbocycles. The minimum Gasteiger partial charge on any atom is -0.133 e. The van der Waals surface area contributed by atoms with Gasteiger partial charge in [-0.1, -0.05) is 30.3 Å². The van der Waals surface area contributed by atoms with Crippen LogP contribution in [-0.4, -0.2) is 11.8 Å². The molecule has 1 aromatic carbocycles. The van der Waals surface area contributed by atoms with Gasteiger partial charge in [0.05, 0.1) is 3.79 Å². The largest absolute Gasteiger partial charge is 0.133 e. The number of thiophene rings is 1. The Morgan fingerprint density at radius 2 is 1.67 bits per heavy atom. The summed E-state index contributed by atoms with van der Waals surface area (Å²) in [5.74, 6) is 1.05. The second-order valence-corrected chi connectivity index (χ2v) is 7.38. The summed E-state index contributed by atoms with van der Waals surface area (Å²) in [6.45, 7) is 0. The van der Waals surface area contributed by atoms with Crippen LogP contribution in [0.25, 0.3) is 0 Å². The third kappa shape index (κ3) is 3.11. The van der Waals surface area contributed by atoms with Crippen LogP contribution in [0.5, 0.6) is 0 Å². The lowest BCUT2D eigenvalue weighted by Gasteiger charge is -2.29. The highest BCUT2D eigenvalue weighted by atomic mass is 79.9. The molecule has 4 heteroatoms. The minimum absolute atomic E-state index is 0.186. The Kier molecular flexibility index (Phi) is 5.14. The van der Waals surface area contributed by atoms with Crippen LogP contribution in [0.1, 0.15) is 10.4 Å². The molecule has 1 aromatic heterocycles. The molecule has 1 heterocycles. The molecule has 0 aliphatic carbocycles. The van der Waals surface area contributed by atoms with Gasteiger partial charge in [-0.05, 0) is 40.0 Å². The predicted molar refractivity (Wildman–Crippen MR) is 85.3 cm³/mol. The van der Waals surface area contributed by atoms with E-state index in [1.807, 2.05) is 18.2 Å². The van der Waals surface area contributed by atoms with E-state index in [9.17, 15) is 0 Å². The molecule has 0 unspecified atom stereocenters. The Morgan fingerprint density at radius 3 is 2.17 bits per heavy atom. The van der Waals surface area contributed by atoms with Crippen LogP contribution in [0.2, 0.25) is 0 Å². The topological polar surface area (TPSA) is 0 Å². The van der Waals surface area contributed by atoms with Gasteiger partial charge >= 0.3 is 0 Å². The highest BCUT2D eigenvalue weighted by Gasteiger charge is 2.31. The molecule has 2 aromatic rings. The van der Waals surface area contributed by atoms with E-state index in [2.05, 4.69) is 40.2 Å². The van der Waals surface area contributed by atoms with Crippen molar-refractivity contribution in [3.05, 3.63) is 56.7 Å². The molecule has 2 rings (SSSR count). The van der Waals surface area contributed by atoms with E-state index in [0.29, 0.717) is 11.8 Å². The first-order valence-corrected chi connectivity index (χ1v) is 8.30. The van der Waals surface area contributed by atoms with E-state index < -0.39 is 0 Å². The fraction of sp³-hybridized carbons (Fsp3) is 0.286. The Bertz CT molecular complexity index is 492. The van der Waals surface area contributed by atoms with Gasteiger partial charge < -0.3 is 0 Å². The van der Waals surface area contributed by atoms with Crippen molar-refractivity contribution in [2.75, 3.05) is 11.8 Å². The zero-order valence-corrected chi connectivity index (χ0v) is 13.6. The van der Waals surface area contributed by atoms with Crippen LogP contribution in [0.3, 0.4) is 0 Å². The number of hydrogen-bond donors (Lipinski definition) is 0. The highest BCUT2D eigenvalue weighted by Crippen LogP contribution is 2.34. The van der Waals surface area contributed by atoms with E-state index in [0.717, 1.165) is 10.2 Å². The van der Waals surface area contributed by atoms with Crippen LogP contribution in [0.4, 0.5) is 0 Å². The van der Waals surface area contributed by atoms with Gasteiger partial charge in [-0.2, -0.15) is 0 Å². The lowest BCUT2D eigenvalue weighted by atomic mass is 9.80.